The van der Waals surface area contributed by atoms with E-state index in [0.29, 0.717) is 33.5 Å². The molecule has 0 fully saturated rings. The average Bonchev–Trinajstić information content (AvgIpc) is 3.13. The molecule has 0 N–H and O–H groups in total. The number of fused-ring (bicyclic) bond motifs is 2. The first-order valence-electron chi connectivity index (χ1n) is 16.2. The van der Waals surface area contributed by atoms with Crippen LogP contribution in [-0.2, 0) is 46.8 Å². The molecule has 27 heteroatoms. The largest absolute Gasteiger partial charge is 2.00 e. The van der Waals surface area contributed by atoms with Gasteiger partial charge in [0.1, 0.15) is 0 Å². The van der Waals surface area contributed by atoms with E-state index in [-0.39, 0.29) is 29.0 Å². The zero-order valence-electron chi connectivity index (χ0n) is 33.8. The number of guanidine groups is 2. The number of halogens is 6. The quantitative estimate of drug-likeness (QED) is 0.0526. The van der Waals surface area contributed by atoms with Gasteiger partial charge < -0.3 is 38.2 Å². The van der Waals surface area contributed by atoms with Gasteiger partial charge in [0.2, 0.25) is 11.9 Å². The summed E-state index contributed by atoms with van der Waals surface area (Å²) in [7, 11) is 5.98. The van der Waals surface area contributed by atoms with E-state index in [1.165, 1.54) is 14.2 Å². The summed E-state index contributed by atoms with van der Waals surface area (Å²) in [5.74, 6) is 0.818. The predicted octanol–water partition coefficient (Wildman–Crippen LogP) is 4.36. The molecule has 4 rings (SSSR count). The van der Waals surface area contributed by atoms with Crippen molar-refractivity contribution < 1.29 is 88.4 Å². The van der Waals surface area contributed by atoms with Gasteiger partial charge in [-0.05, 0) is 24.3 Å². The number of rotatable bonds is 4. The SMILES string of the molecule is COC(=O)c1ccnc2c(N=C(N(C)C)N(C)C)cccc12.COC(=O)c1ccnc2c(N=C(N(C)C)N(C)C)cccc12.O=S(=O)([O-])C(F)(F)F.O=S(=O)([O-])C(F)(F)F.[Cu+2]. The monoisotopic (exact) mass is 961 g/mol. The van der Waals surface area contributed by atoms with E-state index in [1.807, 2.05) is 112 Å². The van der Waals surface area contributed by atoms with Gasteiger partial charge >= 0.3 is 40.0 Å². The maximum Gasteiger partial charge on any atom is 2.00 e. The molecule has 0 bridgehead atoms. The molecule has 0 saturated carbocycles. The van der Waals surface area contributed by atoms with Crippen LogP contribution in [0.2, 0.25) is 0 Å². The first kappa shape index (κ1) is 55.7. The number of carbonyl (C=O) groups excluding carboxylic acids is 2. The zero-order chi connectivity index (χ0) is 46.6. The Morgan fingerprint density at radius 1 is 0.574 bits per heavy atom. The van der Waals surface area contributed by atoms with Crippen LogP contribution < -0.4 is 0 Å². The third kappa shape index (κ3) is 16.2. The smallest absolute Gasteiger partial charge is 0.741 e. The summed E-state index contributed by atoms with van der Waals surface area (Å²) >= 11 is 0. The van der Waals surface area contributed by atoms with Crippen LogP contribution in [0.4, 0.5) is 37.7 Å². The van der Waals surface area contributed by atoms with Crippen molar-refractivity contribution in [3.63, 3.8) is 0 Å². The molecule has 18 nitrogen and oxygen atoms in total. The maximum atomic E-state index is 11.9. The Kier molecular flexibility index (Phi) is 21.0. The van der Waals surface area contributed by atoms with Crippen molar-refractivity contribution in [3.05, 3.63) is 72.1 Å². The number of benzene rings is 2. The molecule has 61 heavy (non-hydrogen) atoms. The van der Waals surface area contributed by atoms with Crippen molar-refractivity contribution in [1.82, 2.24) is 29.6 Å². The van der Waals surface area contributed by atoms with Gasteiger partial charge in [-0.25, -0.2) is 36.4 Å². The molecule has 0 unspecified atom stereocenters. The molecular weight excluding hydrogens is 922 g/mol. The second-order valence-corrected chi connectivity index (χ2v) is 15.0. The van der Waals surface area contributed by atoms with E-state index in [1.54, 1.807) is 24.5 Å². The minimum atomic E-state index is -6.09. The molecule has 0 aliphatic heterocycles. The fourth-order valence-electron chi connectivity index (χ4n) is 4.49. The number of nitrogens with zero attached hydrogens (tertiary/aromatic N) is 8. The first-order valence-corrected chi connectivity index (χ1v) is 19.1. The summed E-state index contributed by atoms with van der Waals surface area (Å²) < 4.78 is 127. The molecule has 0 atom stereocenters. The molecule has 0 spiro atoms. The van der Waals surface area contributed by atoms with E-state index < -0.39 is 31.3 Å². The Bertz CT molecular complexity index is 2230. The third-order valence-corrected chi connectivity index (χ3v) is 8.05. The number of esters is 2. The first-order chi connectivity index (χ1) is 27.4. The van der Waals surface area contributed by atoms with Crippen LogP contribution in [0.5, 0.6) is 0 Å². The Balaban J connectivity index is 0.000000866. The van der Waals surface area contributed by atoms with Gasteiger partial charge in [-0.15, -0.1) is 0 Å². The van der Waals surface area contributed by atoms with E-state index in [0.717, 1.165) is 22.7 Å². The Morgan fingerprint density at radius 3 is 1.05 bits per heavy atom. The van der Waals surface area contributed by atoms with Gasteiger partial charge in [-0.2, -0.15) is 26.3 Å². The van der Waals surface area contributed by atoms with E-state index >= 15 is 0 Å². The number of para-hydroxylation sites is 2. The van der Waals surface area contributed by atoms with Crippen LogP contribution in [0.1, 0.15) is 20.7 Å². The average molecular weight is 962 g/mol. The number of pyridine rings is 2. The molecular formula is C34H40CuF6N8O10S2. The Morgan fingerprint density at radius 2 is 0.836 bits per heavy atom. The van der Waals surface area contributed by atoms with Crippen molar-refractivity contribution >= 4 is 77.3 Å². The number of carbonyl (C=O) groups is 2. The minimum absolute atomic E-state index is 0. The van der Waals surface area contributed by atoms with Crippen LogP contribution in [0.15, 0.2) is 70.9 Å². The summed E-state index contributed by atoms with van der Waals surface area (Å²) in [6.07, 6.45) is 3.19. The molecule has 0 amide bonds. The van der Waals surface area contributed by atoms with Gasteiger partial charge in [0.05, 0.1) is 47.8 Å². The molecule has 2 aromatic heterocycles. The Labute approximate surface area is 357 Å². The molecule has 2 heterocycles. The van der Waals surface area contributed by atoms with Crippen molar-refractivity contribution in [2.24, 2.45) is 9.98 Å². The van der Waals surface area contributed by atoms with Crippen molar-refractivity contribution in [1.29, 1.82) is 0 Å². The fourth-order valence-corrected chi connectivity index (χ4v) is 4.49. The molecule has 4 aromatic rings. The molecule has 2 aromatic carbocycles. The summed E-state index contributed by atoms with van der Waals surface area (Å²) in [5.41, 5.74) is -7.55. The summed E-state index contributed by atoms with van der Waals surface area (Å²) in [6, 6.07) is 14.5. The number of ether oxygens (including phenoxy) is 2. The minimum Gasteiger partial charge on any atom is -0.741 e. The fraction of sp³-hybridized carbons (Fsp3) is 0.353. The second-order valence-electron chi connectivity index (χ2n) is 12.2. The van der Waals surface area contributed by atoms with Gasteiger partial charge in [-0.1, -0.05) is 24.3 Å². The summed E-state index contributed by atoms with van der Waals surface area (Å²) in [4.78, 5) is 49.5. The number of hydrogen-bond donors (Lipinski definition) is 0. The number of hydrogen-bond acceptors (Lipinski definition) is 14. The van der Waals surface area contributed by atoms with Crippen molar-refractivity contribution in [2.75, 3.05) is 70.6 Å². The predicted molar refractivity (Wildman–Crippen MR) is 207 cm³/mol. The van der Waals surface area contributed by atoms with Crippen molar-refractivity contribution in [2.45, 2.75) is 11.0 Å². The van der Waals surface area contributed by atoms with Crippen LogP contribution in [-0.4, -0.2) is 161 Å². The number of aromatic nitrogens is 2. The second kappa shape index (κ2) is 23.0. The third-order valence-electron chi connectivity index (χ3n) is 6.92. The molecule has 0 aliphatic rings. The molecule has 341 valence electrons. The van der Waals surface area contributed by atoms with E-state index in [9.17, 15) is 35.9 Å². The van der Waals surface area contributed by atoms with Crippen LogP contribution >= 0.6 is 0 Å². The van der Waals surface area contributed by atoms with Crippen molar-refractivity contribution in [3.8, 4) is 0 Å². The number of methoxy groups -OCH3 is 2. The number of alkyl halides is 6. The van der Waals surface area contributed by atoms with Gasteiger partial charge in [0.25, 0.3) is 0 Å². The maximum absolute atomic E-state index is 11.9. The molecule has 0 saturated heterocycles. The zero-order valence-corrected chi connectivity index (χ0v) is 36.4. The Hall–Kier alpha value is -5.34. The summed E-state index contributed by atoms with van der Waals surface area (Å²) in [6.45, 7) is 0. The van der Waals surface area contributed by atoms with Crippen LogP contribution in [0.25, 0.3) is 21.8 Å². The van der Waals surface area contributed by atoms with Gasteiger partial charge in [-0.3, -0.25) is 9.97 Å². The molecule has 1 radical (unpaired) electrons. The number of aliphatic imine (C=N–C) groups is 2. The van der Waals surface area contributed by atoms with E-state index in [2.05, 4.69) is 20.0 Å². The normalized spacial score (nSPS) is 11.0. The van der Waals surface area contributed by atoms with Crippen LogP contribution in [0, 0.1) is 0 Å². The standard InChI is InChI=1S/2C16H20N4O2.2CHF3O3S.Cu/c2*1-19(2)16(20(3)4)18-13-8-6-7-11-12(15(21)22-5)9-10-17-14(11)13;2*2-1(3,4)8(5,6)7;/h2*6-10H,1-5H3;2*(H,5,6,7);/q;;;;+2/p-2. The molecule has 0 aliphatic carbocycles. The topological polar surface area (TPSA) is 230 Å². The summed E-state index contributed by atoms with van der Waals surface area (Å²) in [5, 5.41) is 1.46. The van der Waals surface area contributed by atoms with Gasteiger partial charge in [0, 0.05) is 79.5 Å². The van der Waals surface area contributed by atoms with Crippen LogP contribution in [0.3, 0.4) is 0 Å². The van der Waals surface area contributed by atoms with E-state index in [4.69, 9.17) is 35.4 Å². The van der Waals surface area contributed by atoms with Gasteiger partial charge in [0.15, 0.2) is 20.2 Å².